The first-order valence-electron chi connectivity index (χ1n) is 6.53. The Morgan fingerprint density at radius 3 is 3.06 bits per heavy atom. The summed E-state index contributed by atoms with van der Waals surface area (Å²) in [7, 11) is 1.65. The maximum atomic E-state index is 10.1. The van der Waals surface area contributed by atoms with Gasteiger partial charge in [-0.2, -0.15) is 0 Å². The van der Waals surface area contributed by atoms with Crippen molar-refractivity contribution in [1.29, 1.82) is 0 Å². The highest BCUT2D eigenvalue weighted by molar-refractivity contribution is 5.25. The van der Waals surface area contributed by atoms with Crippen molar-refractivity contribution in [2.24, 2.45) is 0 Å². The number of aliphatic hydroxyl groups is 1. The second-order valence-electron chi connectivity index (χ2n) is 5.30. The number of nitrogens with zero attached hydrogens (tertiary/aromatic N) is 2. The number of hydrogen-bond donors (Lipinski definition) is 1. The van der Waals surface area contributed by atoms with Crippen molar-refractivity contribution in [1.82, 2.24) is 9.88 Å². The lowest BCUT2D eigenvalue weighted by molar-refractivity contribution is 0.0444. The summed E-state index contributed by atoms with van der Waals surface area (Å²) in [6.07, 6.45) is 4.49. The van der Waals surface area contributed by atoms with Crippen molar-refractivity contribution in [3.05, 3.63) is 23.9 Å². The third kappa shape index (κ3) is 3.43. The van der Waals surface area contributed by atoms with E-state index < -0.39 is 5.60 Å². The third-order valence-electron chi connectivity index (χ3n) is 3.59. The van der Waals surface area contributed by atoms with Crippen LogP contribution in [0.5, 0.6) is 5.88 Å². The van der Waals surface area contributed by atoms with E-state index in [1.807, 2.05) is 13.0 Å². The van der Waals surface area contributed by atoms with Crippen molar-refractivity contribution in [2.75, 3.05) is 20.2 Å². The molecule has 0 saturated carbocycles. The predicted octanol–water partition coefficient (Wildman–Crippen LogP) is 1.83. The van der Waals surface area contributed by atoms with E-state index in [0.717, 1.165) is 44.5 Å². The van der Waals surface area contributed by atoms with Crippen LogP contribution >= 0.6 is 0 Å². The fourth-order valence-corrected chi connectivity index (χ4v) is 2.45. The number of ether oxygens (including phenoxy) is 1. The van der Waals surface area contributed by atoms with E-state index in [1.54, 1.807) is 13.3 Å². The van der Waals surface area contributed by atoms with Gasteiger partial charge in [0.15, 0.2) is 0 Å². The molecule has 1 aliphatic heterocycles. The fraction of sp³-hybridized carbons (Fsp3) is 0.643. The standard InChI is InChI=1S/C14H22N2O2/c1-14(17)6-4-9-16(10-7-14)11-12-5-3-8-15-13(12)18-2/h3,5,8,17H,4,6-7,9-11H2,1-2H3. The Hall–Kier alpha value is -1.13. The molecule has 4 nitrogen and oxygen atoms in total. The van der Waals surface area contributed by atoms with E-state index >= 15 is 0 Å². The zero-order chi connectivity index (χ0) is 13.0. The zero-order valence-corrected chi connectivity index (χ0v) is 11.2. The quantitative estimate of drug-likeness (QED) is 0.889. The van der Waals surface area contributed by atoms with Gasteiger partial charge in [0.1, 0.15) is 0 Å². The predicted molar refractivity (Wildman–Crippen MR) is 70.5 cm³/mol. The summed E-state index contributed by atoms with van der Waals surface area (Å²) in [5.74, 6) is 0.702. The molecular weight excluding hydrogens is 228 g/mol. The Morgan fingerprint density at radius 1 is 1.44 bits per heavy atom. The SMILES string of the molecule is COc1ncccc1CN1CCCC(C)(O)CC1. The number of aromatic nitrogens is 1. The Bertz CT molecular complexity index is 393. The number of methoxy groups -OCH3 is 1. The van der Waals surface area contributed by atoms with E-state index in [-0.39, 0.29) is 0 Å². The van der Waals surface area contributed by atoms with Gasteiger partial charge in [-0.15, -0.1) is 0 Å². The van der Waals surface area contributed by atoms with Crippen molar-refractivity contribution < 1.29 is 9.84 Å². The first-order chi connectivity index (χ1) is 8.61. The molecule has 1 saturated heterocycles. The molecule has 1 fully saturated rings. The van der Waals surface area contributed by atoms with Crippen molar-refractivity contribution in [3.8, 4) is 5.88 Å². The summed E-state index contributed by atoms with van der Waals surface area (Å²) >= 11 is 0. The zero-order valence-electron chi connectivity index (χ0n) is 11.2. The molecule has 0 amide bonds. The van der Waals surface area contributed by atoms with Gasteiger partial charge in [-0.05, 0) is 38.8 Å². The van der Waals surface area contributed by atoms with Gasteiger partial charge in [-0.3, -0.25) is 4.90 Å². The molecule has 0 aliphatic carbocycles. The largest absolute Gasteiger partial charge is 0.481 e. The van der Waals surface area contributed by atoms with Gasteiger partial charge in [0.05, 0.1) is 12.7 Å². The first-order valence-corrected chi connectivity index (χ1v) is 6.53. The topological polar surface area (TPSA) is 45.6 Å². The van der Waals surface area contributed by atoms with E-state index in [4.69, 9.17) is 4.74 Å². The summed E-state index contributed by atoms with van der Waals surface area (Å²) in [6, 6.07) is 3.99. The van der Waals surface area contributed by atoms with Gasteiger partial charge in [-0.25, -0.2) is 4.98 Å². The highest BCUT2D eigenvalue weighted by Gasteiger charge is 2.25. The van der Waals surface area contributed by atoms with Gasteiger partial charge in [0.25, 0.3) is 0 Å². The lowest BCUT2D eigenvalue weighted by Crippen LogP contribution is -2.28. The number of pyridine rings is 1. The van der Waals surface area contributed by atoms with Crippen LogP contribution in [0.1, 0.15) is 31.7 Å². The molecule has 1 aromatic rings. The Labute approximate surface area is 109 Å². The summed E-state index contributed by atoms with van der Waals surface area (Å²) < 4.78 is 5.27. The summed E-state index contributed by atoms with van der Waals surface area (Å²) in [4.78, 5) is 6.58. The minimum Gasteiger partial charge on any atom is -0.481 e. The van der Waals surface area contributed by atoms with Crippen molar-refractivity contribution in [3.63, 3.8) is 0 Å². The molecular formula is C14H22N2O2. The van der Waals surface area contributed by atoms with Crippen LogP contribution in [-0.2, 0) is 6.54 Å². The normalized spacial score (nSPS) is 25.7. The third-order valence-corrected chi connectivity index (χ3v) is 3.59. The summed E-state index contributed by atoms with van der Waals surface area (Å²) in [5.41, 5.74) is 0.606. The lowest BCUT2D eigenvalue weighted by atomic mass is 9.98. The minimum atomic E-state index is -0.506. The maximum Gasteiger partial charge on any atom is 0.217 e. The van der Waals surface area contributed by atoms with Gasteiger partial charge in [0.2, 0.25) is 5.88 Å². The van der Waals surface area contributed by atoms with Gasteiger partial charge in [-0.1, -0.05) is 6.07 Å². The minimum absolute atomic E-state index is 0.506. The average Bonchev–Trinajstić information content (AvgIpc) is 2.52. The molecule has 0 spiro atoms. The van der Waals surface area contributed by atoms with Crippen LogP contribution in [0.4, 0.5) is 0 Å². The van der Waals surface area contributed by atoms with Crippen molar-refractivity contribution in [2.45, 2.75) is 38.3 Å². The molecule has 18 heavy (non-hydrogen) atoms. The molecule has 2 heterocycles. The molecule has 1 aromatic heterocycles. The second-order valence-corrected chi connectivity index (χ2v) is 5.30. The monoisotopic (exact) mass is 250 g/mol. The molecule has 1 atom stereocenters. The first kappa shape index (κ1) is 13.3. The van der Waals surface area contributed by atoms with Crippen molar-refractivity contribution >= 4 is 0 Å². The molecule has 4 heteroatoms. The molecule has 1 N–H and O–H groups in total. The molecule has 100 valence electrons. The maximum absolute atomic E-state index is 10.1. The molecule has 0 aromatic carbocycles. The molecule has 2 rings (SSSR count). The molecule has 0 radical (unpaired) electrons. The Balaban J connectivity index is 2.01. The van der Waals surface area contributed by atoms with Gasteiger partial charge in [0, 0.05) is 24.8 Å². The van der Waals surface area contributed by atoms with Gasteiger partial charge >= 0.3 is 0 Å². The van der Waals surface area contributed by atoms with Crippen LogP contribution in [0.2, 0.25) is 0 Å². The van der Waals surface area contributed by atoms with Crippen LogP contribution in [0, 0.1) is 0 Å². The number of rotatable bonds is 3. The smallest absolute Gasteiger partial charge is 0.217 e. The number of likely N-dealkylation sites (tertiary alicyclic amines) is 1. The Morgan fingerprint density at radius 2 is 2.28 bits per heavy atom. The van der Waals surface area contributed by atoms with Gasteiger partial charge < -0.3 is 9.84 Å². The van der Waals surface area contributed by atoms with Crippen LogP contribution in [-0.4, -0.2) is 40.8 Å². The van der Waals surface area contributed by atoms with Crippen LogP contribution in [0.15, 0.2) is 18.3 Å². The van der Waals surface area contributed by atoms with Crippen LogP contribution in [0.3, 0.4) is 0 Å². The highest BCUT2D eigenvalue weighted by atomic mass is 16.5. The summed E-state index contributed by atoms with van der Waals surface area (Å²) in [5, 5.41) is 10.1. The second kappa shape index (κ2) is 5.67. The average molecular weight is 250 g/mol. The van der Waals surface area contributed by atoms with E-state index in [1.165, 1.54) is 0 Å². The van der Waals surface area contributed by atoms with E-state index in [0.29, 0.717) is 5.88 Å². The Kier molecular flexibility index (Phi) is 4.19. The van der Waals surface area contributed by atoms with Crippen LogP contribution in [0.25, 0.3) is 0 Å². The lowest BCUT2D eigenvalue weighted by Gasteiger charge is -2.22. The summed E-state index contributed by atoms with van der Waals surface area (Å²) in [6.45, 7) is 4.72. The molecule has 1 aliphatic rings. The van der Waals surface area contributed by atoms with Crippen LogP contribution < -0.4 is 4.74 Å². The van der Waals surface area contributed by atoms with E-state index in [2.05, 4.69) is 16.0 Å². The highest BCUT2D eigenvalue weighted by Crippen LogP contribution is 2.23. The van der Waals surface area contributed by atoms with E-state index in [9.17, 15) is 5.11 Å². The number of hydrogen-bond acceptors (Lipinski definition) is 4. The molecule has 0 bridgehead atoms. The molecule has 1 unspecified atom stereocenters. The fourth-order valence-electron chi connectivity index (χ4n) is 2.45.